The van der Waals surface area contributed by atoms with Crippen molar-refractivity contribution in [3.05, 3.63) is 35.6 Å². The first-order valence-corrected chi connectivity index (χ1v) is 8.78. The molecule has 1 fully saturated rings. The number of phosphoric ester groups is 1. The van der Waals surface area contributed by atoms with Crippen LogP contribution in [0.5, 0.6) is 0 Å². The van der Waals surface area contributed by atoms with E-state index < -0.39 is 7.82 Å². The minimum atomic E-state index is -3.67. The lowest BCUT2D eigenvalue weighted by Gasteiger charge is -2.31. The Bertz CT molecular complexity index is 507. The summed E-state index contributed by atoms with van der Waals surface area (Å²) in [5, 5.41) is 0. The molecule has 0 amide bonds. The lowest BCUT2D eigenvalue weighted by atomic mass is 9.95. The van der Waals surface area contributed by atoms with E-state index in [9.17, 15) is 8.96 Å². The lowest BCUT2D eigenvalue weighted by molar-refractivity contribution is -0.0410. The van der Waals surface area contributed by atoms with Crippen molar-refractivity contribution < 1.29 is 27.3 Å². The molecule has 1 aromatic carbocycles. The molecule has 0 radical (unpaired) electrons. The Morgan fingerprint density at radius 2 is 1.77 bits per heavy atom. The van der Waals surface area contributed by atoms with Gasteiger partial charge in [0.05, 0.1) is 18.8 Å². The van der Waals surface area contributed by atoms with Crippen molar-refractivity contribution in [2.24, 2.45) is 0 Å². The maximum absolute atomic E-state index is 12.9. The molecule has 0 saturated heterocycles. The van der Waals surface area contributed by atoms with E-state index in [0.717, 1.165) is 25.7 Å². The molecule has 22 heavy (non-hydrogen) atoms. The van der Waals surface area contributed by atoms with E-state index in [-0.39, 0.29) is 24.6 Å². The first-order valence-electron chi connectivity index (χ1n) is 7.32. The highest BCUT2D eigenvalue weighted by Gasteiger charge is 2.35. The number of hydrogen-bond acceptors (Lipinski definition) is 5. The van der Waals surface area contributed by atoms with E-state index >= 15 is 0 Å². The summed E-state index contributed by atoms with van der Waals surface area (Å²) in [6.45, 7) is 0.0236. The van der Waals surface area contributed by atoms with E-state index in [1.165, 1.54) is 19.2 Å². The van der Waals surface area contributed by atoms with Crippen LogP contribution in [-0.4, -0.2) is 26.4 Å². The van der Waals surface area contributed by atoms with Gasteiger partial charge in [0.15, 0.2) is 0 Å². The average Bonchev–Trinajstić information content (AvgIpc) is 2.55. The summed E-state index contributed by atoms with van der Waals surface area (Å²) >= 11 is 0. The Morgan fingerprint density at radius 3 is 2.36 bits per heavy atom. The van der Waals surface area contributed by atoms with Gasteiger partial charge in [0.25, 0.3) is 0 Å². The summed E-state index contributed by atoms with van der Waals surface area (Å²) in [6.07, 6.45) is 3.26. The van der Waals surface area contributed by atoms with E-state index in [0.29, 0.717) is 5.56 Å². The van der Waals surface area contributed by atoms with Crippen molar-refractivity contribution in [1.29, 1.82) is 0 Å². The fourth-order valence-corrected chi connectivity index (χ4v) is 3.61. The van der Waals surface area contributed by atoms with Gasteiger partial charge in [0, 0.05) is 14.2 Å². The first-order chi connectivity index (χ1) is 10.6. The van der Waals surface area contributed by atoms with Crippen LogP contribution in [0, 0.1) is 5.82 Å². The second-order valence-corrected chi connectivity index (χ2v) is 6.96. The molecule has 5 nitrogen and oxygen atoms in total. The smallest absolute Gasteiger partial charge is 0.379 e. The molecule has 0 heterocycles. The van der Waals surface area contributed by atoms with E-state index in [4.69, 9.17) is 18.3 Å². The summed E-state index contributed by atoms with van der Waals surface area (Å²) < 4.78 is 46.7. The number of halogens is 1. The third-order valence-electron chi connectivity index (χ3n) is 3.74. The van der Waals surface area contributed by atoms with Crippen LogP contribution in [0.2, 0.25) is 0 Å². The molecule has 0 spiro atoms. The molecule has 1 aromatic rings. The van der Waals surface area contributed by atoms with Crippen molar-refractivity contribution in [2.75, 3.05) is 14.2 Å². The van der Waals surface area contributed by atoms with Crippen LogP contribution < -0.4 is 0 Å². The Labute approximate surface area is 130 Å². The van der Waals surface area contributed by atoms with Gasteiger partial charge in [-0.3, -0.25) is 13.6 Å². The maximum atomic E-state index is 12.9. The molecule has 1 aliphatic carbocycles. The Morgan fingerprint density at radius 1 is 1.14 bits per heavy atom. The molecular weight excluding hydrogens is 310 g/mol. The normalized spacial score (nSPS) is 24.9. The number of methoxy groups -OCH3 is 1. The molecule has 0 N–H and O–H groups in total. The van der Waals surface area contributed by atoms with Crippen molar-refractivity contribution in [1.82, 2.24) is 0 Å². The molecule has 3 unspecified atom stereocenters. The van der Waals surface area contributed by atoms with Gasteiger partial charge in [-0.05, 0) is 30.5 Å². The largest absolute Gasteiger partial charge is 0.475 e. The van der Waals surface area contributed by atoms with Crippen LogP contribution in [0.1, 0.15) is 31.2 Å². The van der Waals surface area contributed by atoms with Gasteiger partial charge in [-0.25, -0.2) is 8.96 Å². The molecule has 124 valence electrons. The van der Waals surface area contributed by atoms with E-state index in [1.807, 2.05) is 0 Å². The Kier molecular flexibility index (Phi) is 6.53. The summed E-state index contributed by atoms with van der Waals surface area (Å²) in [6, 6.07) is 5.76. The van der Waals surface area contributed by atoms with Gasteiger partial charge >= 0.3 is 7.82 Å². The number of hydrogen-bond donors (Lipinski definition) is 0. The highest BCUT2D eigenvalue weighted by atomic mass is 31.2. The summed E-state index contributed by atoms with van der Waals surface area (Å²) in [5.41, 5.74) is 0.689. The third kappa shape index (κ3) is 4.86. The zero-order chi connectivity index (χ0) is 16.0. The third-order valence-corrected chi connectivity index (χ3v) is 5.16. The molecule has 2 rings (SSSR count). The molecule has 1 aliphatic rings. The molecule has 0 bridgehead atoms. The molecule has 3 atom stereocenters. The average molecular weight is 332 g/mol. The minimum Gasteiger partial charge on any atom is -0.379 e. The SMILES string of the molecule is COC1CCCCC1OP(=O)(OC)OCc1ccc(F)cc1. The summed E-state index contributed by atoms with van der Waals surface area (Å²) in [7, 11) is -0.768. The second-order valence-electron chi connectivity index (χ2n) is 5.23. The quantitative estimate of drug-likeness (QED) is 0.705. The van der Waals surface area contributed by atoms with Crippen LogP contribution in [-0.2, 0) is 29.5 Å². The number of rotatable bonds is 7. The van der Waals surface area contributed by atoms with Crippen molar-refractivity contribution in [3.8, 4) is 0 Å². The predicted octanol–water partition coefficient (Wildman–Crippen LogP) is 4.07. The van der Waals surface area contributed by atoms with Crippen molar-refractivity contribution >= 4 is 7.82 Å². The molecular formula is C15H22FO5P. The van der Waals surface area contributed by atoms with Gasteiger partial charge < -0.3 is 4.74 Å². The number of phosphoric acid groups is 1. The van der Waals surface area contributed by atoms with E-state index in [2.05, 4.69) is 0 Å². The van der Waals surface area contributed by atoms with Gasteiger partial charge in [0.1, 0.15) is 5.82 Å². The lowest BCUT2D eigenvalue weighted by Crippen LogP contribution is -2.33. The van der Waals surface area contributed by atoms with Crippen molar-refractivity contribution in [2.45, 2.75) is 44.5 Å². The zero-order valence-electron chi connectivity index (χ0n) is 12.9. The maximum Gasteiger partial charge on any atom is 0.475 e. The highest BCUT2D eigenvalue weighted by Crippen LogP contribution is 2.52. The van der Waals surface area contributed by atoms with Crippen LogP contribution in [0.15, 0.2) is 24.3 Å². The topological polar surface area (TPSA) is 54.0 Å². The van der Waals surface area contributed by atoms with Crippen LogP contribution >= 0.6 is 7.82 Å². The van der Waals surface area contributed by atoms with Crippen molar-refractivity contribution in [3.63, 3.8) is 0 Å². The standard InChI is InChI=1S/C15H22FO5P/c1-18-14-5-3-4-6-15(14)21-22(17,19-2)20-11-12-7-9-13(16)10-8-12/h7-10,14-15H,3-6,11H2,1-2H3. The highest BCUT2D eigenvalue weighted by molar-refractivity contribution is 7.48. The van der Waals surface area contributed by atoms with Gasteiger partial charge in [-0.1, -0.05) is 25.0 Å². The fourth-order valence-electron chi connectivity index (χ4n) is 2.48. The predicted molar refractivity (Wildman–Crippen MR) is 79.9 cm³/mol. The number of ether oxygens (including phenoxy) is 1. The minimum absolute atomic E-state index is 0.0236. The van der Waals surface area contributed by atoms with Gasteiger partial charge in [0.2, 0.25) is 0 Å². The second kappa shape index (κ2) is 8.18. The molecule has 7 heteroatoms. The zero-order valence-corrected chi connectivity index (χ0v) is 13.8. The van der Waals surface area contributed by atoms with Gasteiger partial charge in [-0.2, -0.15) is 0 Å². The Balaban J connectivity index is 1.95. The molecule has 0 aliphatic heterocycles. The fraction of sp³-hybridized carbons (Fsp3) is 0.600. The summed E-state index contributed by atoms with van der Waals surface area (Å²) in [4.78, 5) is 0. The summed E-state index contributed by atoms with van der Waals surface area (Å²) in [5.74, 6) is -0.333. The van der Waals surface area contributed by atoms with E-state index in [1.54, 1.807) is 19.2 Å². The molecule has 1 saturated carbocycles. The molecule has 0 aromatic heterocycles. The van der Waals surface area contributed by atoms with Crippen LogP contribution in [0.3, 0.4) is 0 Å². The van der Waals surface area contributed by atoms with Crippen LogP contribution in [0.25, 0.3) is 0 Å². The monoisotopic (exact) mass is 332 g/mol. The number of benzene rings is 1. The first kappa shape index (κ1) is 17.6. The van der Waals surface area contributed by atoms with Gasteiger partial charge in [-0.15, -0.1) is 0 Å². The van der Waals surface area contributed by atoms with Crippen LogP contribution in [0.4, 0.5) is 4.39 Å². The Hall–Kier alpha value is -0.780.